The quantitative estimate of drug-likeness (QED) is 0.342. The standard InChI is InChI=1S/C27H24Cl2N4O2/c1-35-22-11-9-20(10-12-22)31-13-15-32(16-14-31)27(34)26-18-25(23-7-2-3-8-24(23)29)30-33(26)21-6-4-5-19(28)17-21/h2-12,17-18H,13-16H2,1H3. The molecule has 8 heteroatoms. The van der Waals surface area contributed by atoms with Crippen LogP contribution in [-0.2, 0) is 0 Å². The molecule has 1 aliphatic rings. The van der Waals surface area contributed by atoms with Gasteiger partial charge in [-0.05, 0) is 54.6 Å². The molecule has 35 heavy (non-hydrogen) atoms. The fraction of sp³-hybridized carbons (Fsp3) is 0.185. The van der Waals surface area contributed by atoms with E-state index >= 15 is 0 Å². The summed E-state index contributed by atoms with van der Waals surface area (Å²) in [6.45, 7) is 2.68. The molecule has 0 unspecified atom stereocenters. The highest BCUT2D eigenvalue weighted by atomic mass is 35.5. The van der Waals surface area contributed by atoms with Crippen molar-refractivity contribution < 1.29 is 9.53 Å². The van der Waals surface area contributed by atoms with Crippen LogP contribution in [0.3, 0.4) is 0 Å². The second-order valence-electron chi connectivity index (χ2n) is 8.26. The maximum absolute atomic E-state index is 13.7. The smallest absolute Gasteiger partial charge is 0.272 e. The Kier molecular flexibility index (Phi) is 6.66. The summed E-state index contributed by atoms with van der Waals surface area (Å²) in [5, 5.41) is 5.90. The molecule has 1 aromatic heterocycles. The van der Waals surface area contributed by atoms with E-state index in [0.717, 1.165) is 35.8 Å². The molecule has 0 bridgehead atoms. The fourth-order valence-electron chi connectivity index (χ4n) is 4.26. The lowest BCUT2D eigenvalue weighted by Gasteiger charge is -2.36. The van der Waals surface area contributed by atoms with Gasteiger partial charge < -0.3 is 14.5 Å². The number of piperazine rings is 1. The minimum absolute atomic E-state index is 0.0786. The van der Waals surface area contributed by atoms with Crippen LogP contribution in [0.2, 0.25) is 10.0 Å². The molecule has 0 N–H and O–H groups in total. The van der Waals surface area contributed by atoms with Gasteiger partial charge >= 0.3 is 0 Å². The zero-order valence-electron chi connectivity index (χ0n) is 19.2. The van der Waals surface area contributed by atoms with Gasteiger partial charge in [-0.25, -0.2) is 4.68 Å². The van der Waals surface area contributed by atoms with Crippen LogP contribution >= 0.6 is 23.2 Å². The van der Waals surface area contributed by atoms with Crippen LogP contribution in [0.1, 0.15) is 10.5 Å². The molecule has 0 aliphatic carbocycles. The van der Waals surface area contributed by atoms with Gasteiger partial charge in [-0.1, -0.05) is 47.5 Å². The van der Waals surface area contributed by atoms with E-state index in [0.29, 0.717) is 34.5 Å². The lowest BCUT2D eigenvalue weighted by atomic mass is 10.1. The first kappa shape index (κ1) is 23.3. The van der Waals surface area contributed by atoms with E-state index in [-0.39, 0.29) is 5.91 Å². The van der Waals surface area contributed by atoms with Crippen molar-refractivity contribution in [3.05, 3.63) is 94.6 Å². The van der Waals surface area contributed by atoms with E-state index in [1.807, 2.05) is 65.6 Å². The fourth-order valence-corrected chi connectivity index (χ4v) is 4.68. The molecule has 0 saturated carbocycles. The number of carbonyl (C=O) groups excluding carboxylic acids is 1. The summed E-state index contributed by atoms with van der Waals surface area (Å²) < 4.78 is 6.91. The number of aromatic nitrogens is 2. The zero-order chi connectivity index (χ0) is 24.4. The van der Waals surface area contributed by atoms with Gasteiger partial charge in [0.15, 0.2) is 0 Å². The van der Waals surface area contributed by atoms with Crippen LogP contribution in [0.5, 0.6) is 5.75 Å². The molecule has 5 rings (SSSR count). The molecule has 4 aromatic rings. The van der Waals surface area contributed by atoms with Gasteiger partial charge in [0.2, 0.25) is 0 Å². The van der Waals surface area contributed by atoms with Crippen LogP contribution in [-0.4, -0.2) is 53.9 Å². The second kappa shape index (κ2) is 10.0. The number of rotatable bonds is 5. The van der Waals surface area contributed by atoms with Crippen LogP contribution in [0, 0.1) is 0 Å². The Balaban J connectivity index is 1.42. The third-order valence-electron chi connectivity index (χ3n) is 6.14. The molecule has 1 amide bonds. The summed E-state index contributed by atoms with van der Waals surface area (Å²) >= 11 is 12.7. The topological polar surface area (TPSA) is 50.6 Å². The highest BCUT2D eigenvalue weighted by Crippen LogP contribution is 2.29. The van der Waals surface area contributed by atoms with Crippen LogP contribution in [0.15, 0.2) is 78.9 Å². The molecule has 178 valence electrons. The third kappa shape index (κ3) is 4.85. The van der Waals surface area contributed by atoms with E-state index in [9.17, 15) is 4.79 Å². The van der Waals surface area contributed by atoms with Gasteiger partial charge in [0.05, 0.1) is 23.5 Å². The first-order valence-electron chi connectivity index (χ1n) is 11.3. The molecular formula is C27H24Cl2N4O2. The minimum Gasteiger partial charge on any atom is -0.497 e. The summed E-state index contributed by atoms with van der Waals surface area (Å²) in [5.74, 6) is 0.747. The number of benzene rings is 3. The number of methoxy groups -OCH3 is 1. The number of anilines is 1. The van der Waals surface area contributed by atoms with Gasteiger partial charge in [-0.15, -0.1) is 0 Å². The van der Waals surface area contributed by atoms with Gasteiger partial charge in [0.1, 0.15) is 11.4 Å². The Morgan fingerprint density at radius 1 is 0.857 bits per heavy atom. The minimum atomic E-state index is -0.0786. The third-order valence-corrected chi connectivity index (χ3v) is 6.70. The number of ether oxygens (including phenoxy) is 1. The molecule has 3 aromatic carbocycles. The highest BCUT2D eigenvalue weighted by Gasteiger charge is 2.27. The average Bonchev–Trinajstić information content (AvgIpc) is 3.34. The van der Waals surface area contributed by atoms with Crippen LogP contribution in [0.4, 0.5) is 5.69 Å². The molecule has 0 spiro atoms. The van der Waals surface area contributed by atoms with Crippen LogP contribution in [0.25, 0.3) is 16.9 Å². The number of carbonyl (C=O) groups is 1. The first-order chi connectivity index (χ1) is 17.0. The molecule has 1 saturated heterocycles. The Hall–Kier alpha value is -3.48. The summed E-state index contributed by atoms with van der Waals surface area (Å²) in [6.07, 6.45) is 0. The van der Waals surface area contributed by atoms with Crippen molar-refractivity contribution >= 4 is 34.8 Å². The highest BCUT2D eigenvalue weighted by molar-refractivity contribution is 6.33. The van der Waals surface area contributed by atoms with Gasteiger partial charge in [0.25, 0.3) is 5.91 Å². The summed E-state index contributed by atoms with van der Waals surface area (Å²) in [7, 11) is 1.66. The largest absolute Gasteiger partial charge is 0.497 e. The lowest BCUT2D eigenvalue weighted by Crippen LogP contribution is -2.49. The molecule has 0 atom stereocenters. The Morgan fingerprint density at radius 3 is 2.29 bits per heavy atom. The van der Waals surface area contributed by atoms with E-state index in [1.165, 1.54) is 0 Å². The van der Waals surface area contributed by atoms with Crippen molar-refractivity contribution in [3.8, 4) is 22.7 Å². The first-order valence-corrected chi connectivity index (χ1v) is 12.1. The molecule has 0 radical (unpaired) electrons. The van der Waals surface area contributed by atoms with E-state index in [4.69, 9.17) is 33.0 Å². The van der Waals surface area contributed by atoms with Crippen LogP contribution < -0.4 is 9.64 Å². The maximum atomic E-state index is 13.7. The second-order valence-corrected chi connectivity index (χ2v) is 9.11. The van der Waals surface area contributed by atoms with Gasteiger partial charge in [-0.3, -0.25) is 4.79 Å². The number of hydrogen-bond acceptors (Lipinski definition) is 4. The van der Waals surface area contributed by atoms with E-state index in [2.05, 4.69) is 4.90 Å². The maximum Gasteiger partial charge on any atom is 0.272 e. The number of halogens is 2. The van der Waals surface area contributed by atoms with Crippen molar-refractivity contribution in [2.75, 3.05) is 38.2 Å². The molecular weight excluding hydrogens is 483 g/mol. The van der Waals surface area contributed by atoms with Crippen molar-refractivity contribution in [1.29, 1.82) is 0 Å². The normalized spacial score (nSPS) is 13.7. The Morgan fingerprint density at radius 2 is 1.60 bits per heavy atom. The number of hydrogen-bond donors (Lipinski definition) is 0. The molecule has 6 nitrogen and oxygen atoms in total. The van der Waals surface area contributed by atoms with E-state index in [1.54, 1.807) is 30.0 Å². The van der Waals surface area contributed by atoms with Gasteiger partial charge in [-0.2, -0.15) is 5.10 Å². The lowest BCUT2D eigenvalue weighted by molar-refractivity contribution is 0.0737. The number of nitrogens with zero attached hydrogens (tertiary/aromatic N) is 4. The SMILES string of the molecule is COc1ccc(N2CCN(C(=O)c3cc(-c4ccccc4Cl)nn3-c3cccc(Cl)c3)CC2)cc1. The zero-order valence-corrected chi connectivity index (χ0v) is 20.7. The van der Waals surface area contributed by atoms with Crippen molar-refractivity contribution in [1.82, 2.24) is 14.7 Å². The summed E-state index contributed by atoms with van der Waals surface area (Å²) in [4.78, 5) is 17.8. The number of amides is 1. The van der Waals surface area contributed by atoms with Gasteiger partial charge in [0, 0.05) is 42.5 Å². The predicted octanol–water partition coefficient (Wildman–Crippen LogP) is 5.82. The monoisotopic (exact) mass is 506 g/mol. The summed E-state index contributed by atoms with van der Waals surface area (Å²) in [5.41, 5.74) is 3.71. The molecule has 1 aliphatic heterocycles. The Labute approximate surface area is 214 Å². The van der Waals surface area contributed by atoms with Crippen molar-refractivity contribution in [2.45, 2.75) is 0 Å². The van der Waals surface area contributed by atoms with Crippen molar-refractivity contribution in [2.24, 2.45) is 0 Å². The average molecular weight is 507 g/mol. The summed E-state index contributed by atoms with van der Waals surface area (Å²) in [6, 6.07) is 24.6. The predicted molar refractivity (Wildman–Crippen MR) is 140 cm³/mol. The molecule has 2 heterocycles. The molecule has 1 fully saturated rings. The Bertz CT molecular complexity index is 1350. The van der Waals surface area contributed by atoms with Crippen molar-refractivity contribution in [3.63, 3.8) is 0 Å². The van der Waals surface area contributed by atoms with E-state index < -0.39 is 0 Å².